The summed E-state index contributed by atoms with van der Waals surface area (Å²) >= 11 is 0. The first-order valence-electron chi connectivity index (χ1n) is 6.64. The van der Waals surface area contributed by atoms with Crippen LogP contribution in [0.2, 0.25) is 0 Å². The first kappa shape index (κ1) is 16.4. The van der Waals surface area contributed by atoms with Crippen molar-refractivity contribution >= 4 is 5.97 Å². The molecule has 0 N–H and O–H groups in total. The van der Waals surface area contributed by atoms with Crippen LogP contribution in [-0.2, 0) is 28.5 Å². The third-order valence-corrected chi connectivity index (χ3v) is 2.90. The Balaban J connectivity index is 2.82. The van der Waals surface area contributed by atoms with Gasteiger partial charge in [0, 0.05) is 27.2 Å². The summed E-state index contributed by atoms with van der Waals surface area (Å²) in [7, 11) is 1.58. The zero-order valence-electron chi connectivity index (χ0n) is 12.1. The van der Waals surface area contributed by atoms with Crippen LogP contribution >= 0.6 is 0 Å². The molecule has 0 spiro atoms. The zero-order chi connectivity index (χ0) is 14.3. The van der Waals surface area contributed by atoms with Gasteiger partial charge in [-0.2, -0.15) is 0 Å². The lowest BCUT2D eigenvalue weighted by Crippen LogP contribution is -2.57. The summed E-state index contributed by atoms with van der Waals surface area (Å²) in [6, 6.07) is 0. The van der Waals surface area contributed by atoms with E-state index in [-0.39, 0.29) is 24.3 Å². The molecule has 6 heteroatoms. The summed E-state index contributed by atoms with van der Waals surface area (Å²) < 4.78 is 27.4. The molecule has 112 valence electrons. The van der Waals surface area contributed by atoms with Gasteiger partial charge in [0.25, 0.3) is 0 Å². The van der Waals surface area contributed by atoms with Crippen LogP contribution in [0.1, 0.15) is 20.8 Å². The van der Waals surface area contributed by atoms with E-state index in [1.807, 2.05) is 13.8 Å². The van der Waals surface area contributed by atoms with E-state index in [0.717, 1.165) is 0 Å². The number of hydrogen-bond acceptors (Lipinski definition) is 6. The Bertz CT molecular complexity index is 270. The number of hydrogen-bond donors (Lipinski definition) is 0. The smallest absolute Gasteiger partial charge is 0.303 e. The van der Waals surface area contributed by atoms with Crippen LogP contribution in [0.25, 0.3) is 0 Å². The SMILES string of the molecule is CCO[C@H]1[C@H](OC(C)=O)[C@@H](COC)OC[C@@H]1OCC. The van der Waals surface area contributed by atoms with Crippen LogP contribution in [-0.4, -0.2) is 63.9 Å². The first-order valence-corrected chi connectivity index (χ1v) is 6.64. The van der Waals surface area contributed by atoms with Gasteiger partial charge < -0.3 is 23.7 Å². The van der Waals surface area contributed by atoms with Crippen molar-refractivity contribution in [3.8, 4) is 0 Å². The lowest BCUT2D eigenvalue weighted by Gasteiger charge is -2.41. The van der Waals surface area contributed by atoms with Crippen molar-refractivity contribution in [3.63, 3.8) is 0 Å². The molecule has 0 aromatic carbocycles. The van der Waals surface area contributed by atoms with E-state index in [1.54, 1.807) is 7.11 Å². The van der Waals surface area contributed by atoms with Crippen molar-refractivity contribution in [1.82, 2.24) is 0 Å². The van der Waals surface area contributed by atoms with Crippen molar-refractivity contribution in [2.75, 3.05) is 33.5 Å². The van der Waals surface area contributed by atoms with Crippen LogP contribution < -0.4 is 0 Å². The number of ether oxygens (including phenoxy) is 5. The quantitative estimate of drug-likeness (QED) is 0.640. The highest BCUT2D eigenvalue weighted by molar-refractivity contribution is 5.66. The van der Waals surface area contributed by atoms with Gasteiger partial charge in [-0.05, 0) is 13.8 Å². The Labute approximate surface area is 114 Å². The average Bonchev–Trinajstić information content (AvgIpc) is 2.36. The van der Waals surface area contributed by atoms with Crippen molar-refractivity contribution in [2.45, 2.75) is 45.2 Å². The Hall–Kier alpha value is -0.690. The molecule has 0 aromatic heterocycles. The van der Waals surface area contributed by atoms with Gasteiger partial charge in [0.2, 0.25) is 0 Å². The predicted molar refractivity (Wildman–Crippen MR) is 68.0 cm³/mol. The van der Waals surface area contributed by atoms with Crippen molar-refractivity contribution < 1.29 is 28.5 Å². The van der Waals surface area contributed by atoms with Gasteiger partial charge in [0.15, 0.2) is 6.10 Å². The molecule has 0 aliphatic carbocycles. The summed E-state index contributed by atoms with van der Waals surface area (Å²) in [5.74, 6) is -0.364. The van der Waals surface area contributed by atoms with Gasteiger partial charge in [-0.1, -0.05) is 0 Å². The average molecular weight is 276 g/mol. The fraction of sp³-hybridized carbons (Fsp3) is 0.923. The largest absolute Gasteiger partial charge is 0.457 e. The van der Waals surface area contributed by atoms with Gasteiger partial charge >= 0.3 is 5.97 Å². The summed E-state index contributed by atoms with van der Waals surface area (Å²) in [6.07, 6.45) is -1.41. The van der Waals surface area contributed by atoms with E-state index < -0.39 is 6.10 Å². The van der Waals surface area contributed by atoms with Crippen molar-refractivity contribution in [1.29, 1.82) is 0 Å². The van der Waals surface area contributed by atoms with Crippen LogP contribution in [0.15, 0.2) is 0 Å². The lowest BCUT2D eigenvalue weighted by molar-refractivity contribution is -0.232. The predicted octanol–water partition coefficient (Wildman–Crippen LogP) is 0.773. The molecule has 1 saturated heterocycles. The molecule has 0 saturated carbocycles. The maximum absolute atomic E-state index is 11.3. The minimum Gasteiger partial charge on any atom is -0.457 e. The zero-order valence-corrected chi connectivity index (χ0v) is 12.1. The minimum atomic E-state index is -0.511. The van der Waals surface area contributed by atoms with Gasteiger partial charge in [0.05, 0.1) is 13.2 Å². The van der Waals surface area contributed by atoms with E-state index in [9.17, 15) is 4.79 Å². The highest BCUT2D eigenvalue weighted by Gasteiger charge is 2.43. The molecule has 4 atom stereocenters. The van der Waals surface area contributed by atoms with E-state index in [2.05, 4.69) is 0 Å². The van der Waals surface area contributed by atoms with Gasteiger partial charge in [0.1, 0.15) is 18.3 Å². The van der Waals surface area contributed by atoms with Crippen molar-refractivity contribution in [2.24, 2.45) is 0 Å². The second kappa shape index (κ2) is 8.47. The number of carbonyl (C=O) groups is 1. The normalized spacial score (nSPS) is 31.2. The standard InChI is InChI=1S/C13H24O6/c1-5-16-11-8-18-10(7-15-4)13(19-9(3)14)12(11)17-6-2/h10-13H,5-8H2,1-4H3/t10-,11+,12-,13-/m1/s1. The summed E-state index contributed by atoms with van der Waals surface area (Å²) in [5, 5.41) is 0. The van der Waals surface area contributed by atoms with Crippen LogP contribution in [0.4, 0.5) is 0 Å². The Morgan fingerprint density at radius 3 is 2.42 bits per heavy atom. The van der Waals surface area contributed by atoms with Gasteiger partial charge in [-0.25, -0.2) is 0 Å². The fourth-order valence-corrected chi connectivity index (χ4v) is 2.22. The number of rotatable bonds is 7. The fourth-order valence-electron chi connectivity index (χ4n) is 2.22. The Morgan fingerprint density at radius 2 is 1.89 bits per heavy atom. The molecule has 19 heavy (non-hydrogen) atoms. The maximum Gasteiger partial charge on any atom is 0.303 e. The summed E-state index contributed by atoms with van der Waals surface area (Å²) in [4.78, 5) is 11.3. The van der Waals surface area contributed by atoms with Gasteiger partial charge in [-0.15, -0.1) is 0 Å². The summed E-state index contributed by atoms with van der Waals surface area (Å²) in [5.41, 5.74) is 0. The molecule has 0 bridgehead atoms. The molecule has 0 aromatic rings. The summed E-state index contributed by atoms with van der Waals surface area (Å²) in [6.45, 7) is 7.01. The topological polar surface area (TPSA) is 63.2 Å². The molecule has 0 unspecified atom stereocenters. The molecule has 0 amide bonds. The Kier molecular flexibility index (Phi) is 7.30. The van der Waals surface area contributed by atoms with E-state index in [0.29, 0.717) is 26.4 Å². The van der Waals surface area contributed by atoms with Crippen LogP contribution in [0, 0.1) is 0 Å². The molecule has 1 heterocycles. The molecule has 1 aliphatic heterocycles. The second-order valence-corrected chi connectivity index (χ2v) is 4.31. The monoisotopic (exact) mass is 276 g/mol. The van der Waals surface area contributed by atoms with E-state index in [1.165, 1.54) is 6.92 Å². The highest BCUT2D eigenvalue weighted by Crippen LogP contribution is 2.24. The van der Waals surface area contributed by atoms with Crippen LogP contribution in [0.5, 0.6) is 0 Å². The van der Waals surface area contributed by atoms with E-state index >= 15 is 0 Å². The second-order valence-electron chi connectivity index (χ2n) is 4.31. The first-order chi connectivity index (χ1) is 9.13. The molecule has 6 nitrogen and oxygen atoms in total. The molecular weight excluding hydrogens is 252 g/mol. The molecule has 1 aliphatic rings. The maximum atomic E-state index is 11.3. The number of methoxy groups -OCH3 is 1. The van der Waals surface area contributed by atoms with Crippen LogP contribution in [0.3, 0.4) is 0 Å². The number of esters is 1. The lowest BCUT2D eigenvalue weighted by atomic mass is 9.99. The highest BCUT2D eigenvalue weighted by atomic mass is 16.6. The molecule has 0 radical (unpaired) electrons. The van der Waals surface area contributed by atoms with E-state index in [4.69, 9.17) is 23.7 Å². The van der Waals surface area contributed by atoms with Crippen molar-refractivity contribution in [3.05, 3.63) is 0 Å². The third-order valence-electron chi connectivity index (χ3n) is 2.90. The molecule has 1 rings (SSSR count). The minimum absolute atomic E-state index is 0.234. The molecule has 1 fully saturated rings. The van der Waals surface area contributed by atoms with Gasteiger partial charge in [-0.3, -0.25) is 4.79 Å². The third kappa shape index (κ3) is 4.72. The Morgan fingerprint density at radius 1 is 1.21 bits per heavy atom. The number of carbonyl (C=O) groups excluding carboxylic acids is 1. The molecular formula is C13H24O6.